The predicted octanol–water partition coefficient (Wildman–Crippen LogP) is 2.10. The zero-order valence-corrected chi connectivity index (χ0v) is 12.0. The summed E-state index contributed by atoms with van der Waals surface area (Å²) >= 11 is 0. The van der Waals surface area contributed by atoms with Gasteiger partial charge in [-0.3, -0.25) is 0 Å². The van der Waals surface area contributed by atoms with E-state index in [0.29, 0.717) is 18.4 Å². The van der Waals surface area contributed by atoms with Crippen LogP contribution < -0.4 is 11.5 Å². The fourth-order valence-corrected chi connectivity index (χ4v) is 5.39. The highest BCUT2D eigenvalue weighted by Crippen LogP contribution is 2.59. The number of rotatable bonds is 3. The van der Waals surface area contributed by atoms with Crippen LogP contribution in [0, 0.1) is 23.7 Å². The molecule has 0 atom stereocenters. The first kappa shape index (κ1) is 12.6. The van der Waals surface area contributed by atoms with E-state index in [9.17, 15) is 0 Å². The Bertz CT molecular complexity index is 485. The molecule has 1 heterocycles. The van der Waals surface area contributed by atoms with Crippen molar-refractivity contribution >= 4 is 5.95 Å². The first-order valence-electron chi connectivity index (χ1n) is 8.06. The Morgan fingerprint density at radius 1 is 1.00 bits per heavy atom. The van der Waals surface area contributed by atoms with Crippen LogP contribution in [0.4, 0.5) is 5.95 Å². The number of aromatic nitrogens is 2. The molecule has 0 unspecified atom stereocenters. The van der Waals surface area contributed by atoms with Crippen LogP contribution >= 0.6 is 0 Å². The van der Waals surface area contributed by atoms with Gasteiger partial charge in [0, 0.05) is 23.7 Å². The van der Waals surface area contributed by atoms with Gasteiger partial charge in [-0.05, 0) is 68.4 Å². The van der Waals surface area contributed by atoms with E-state index in [2.05, 4.69) is 16.0 Å². The van der Waals surface area contributed by atoms with Crippen molar-refractivity contribution in [3.05, 3.63) is 17.5 Å². The summed E-state index contributed by atoms with van der Waals surface area (Å²) in [7, 11) is 0. The molecular weight excluding hydrogens is 248 g/mol. The average Bonchev–Trinajstić information content (AvgIpc) is 2.37. The first-order valence-corrected chi connectivity index (χ1v) is 8.06. The van der Waals surface area contributed by atoms with Crippen LogP contribution in [0.15, 0.2) is 6.07 Å². The van der Waals surface area contributed by atoms with Gasteiger partial charge in [0.1, 0.15) is 0 Å². The van der Waals surface area contributed by atoms with Gasteiger partial charge in [0.25, 0.3) is 0 Å². The highest BCUT2D eigenvalue weighted by atomic mass is 15.0. The van der Waals surface area contributed by atoms with Gasteiger partial charge in [-0.1, -0.05) is 0 Å². The van der Waals surface area contributed by atoms with E-state index < -0.39 is 0 Å². The van der Waals surface area contributed by atoms with E-state index in [1.807, 2.05) is 0 Å². The largest absolute Gasteiger partial charge is 0.368 e. The summed E-state index contributed by atoms with van der Waals surface area (Å²) in [4.78, 5) is 8.91. The van der Waals surface area contributed by atoms with Crippen molar-refractivity contribution in [1.82, 2.24) is 9.97 Å². The molecule has 1 aromatic heterocycles. The summed E-state index contributed by atoms with van der Waals surface area (Å²) in [6.45, 7) is 0.623. The van der Waals surface area contributed by atoms with Gasteiger partial charge in [-0.2, -0.15) is 0 Å². The second kappa shape index (κ2) is 4.69. The first-order chi connectivity index (χ1) is 9.72. The van der Waals surface area contributed by atoms with E-state index in [1.54, 1.807) is 0 Å². The third-order valence-corrected chi connectivity index (χ3v) is 5.79. The average molecular weight is 272 g/mol. The van der Waals surface area contributed by atoms with Crippen LogP contribution in [-0.4, -0.2) is 16.5 Å². The van der Waals surface area contributed by atoms with Crippen LogP contribution in [0.2, 0.25) is 0 Å². The van der Waals surface area contributed by atoms with Gasteiger partial charge in [0.05, 0.1) is 0 Å². The van der Waals surface area contributed by atoms with Crippen molar-refractivity contribution in [3.8, 4) is 0 Å². The van der Waals surface area contributed by atoms with Gasteiger partial charge < -0.3 is 11.5 Å². The molecule has 0 amide bonds. The van der Waals surface area contributed by atoms with E-state index in [1.165, 1.54) is 37.8 Å². The van der Waals surface area contributed by atoms with Gasteiger partial charge in [-0.25, -0.2) is 9.97 Å². The molecule has 0 radical (unpaired) electrons. The SMILES string of the molecule is NCCc1cc(C2C3CC4CC(C3)CC2C4)nc(N)n1. The lowest BCUT2D eigenvalue weighted by molar-refractivity contribution is -0.00416. The minimum absolute atomic E-state index is 0.430. The molecule has 0 aliphatic heterocycles. The molecule has 1 aromatic rings. The van der Waals surface area contributed by atoms with Crippen molar-refractivity contribution in [1.29, 1.82) is 0 Å². The maximum Gasteiger partial charge on any atom is 0.220 e. The summed E-state index contributed by atoms with van der Waals surface area (Å²) in [5, 5.41) is 0. The van der Waals surface area contributed by atoms with Crippen molar-refractivity contribution in [2.75, 3.05) is 12.3 Å². The maximum absolute atomic E-state index is 5.92. The highest BCUT2D eigenvalue weighted by Gasteiger charge is 2.49. The summed E-state index contributed by atoms with van der Waals surface area (Å²) < 4.78 is 0. The standard InChI is InChI=1S/C16H24N4/c17-2-1-13-8-14(20-16(18)19-13)15-11-4-9-3-10(6-11)7-12(15)5-9/h8-12,15H,1-7,17H2,(H2,18,19,20). The summed E-state index contributed by atoms with van der Waals surface area (Å²) in [5.41, 5.74) is 13.8. The lowest BCUT2D eigenvalue weighted by atomic mass is 9.51. The number of nitrogens with zero attached hydrogens (tertiary/aromatic N) is 2. The van der Waals surface area contributed by atoms with E-state index in [0.717, 1.165) is 35.8 Å². The third kappa shape index (κ3) is 2.01. The quantitative estimate of drug-likeness (QED) is 0.883. The zero-order chi connectivity index (χ0) is 13.7. The Kier molecular flexibility index (Phi) is 2.95. The lowest BCUT2D eigenvalue weighted by Gasteiger charge is -2.54. The molecule has 4 aliphatic rings. The Labute approximate surface area is 120 Å². The molecule has 0 aromatic carbocycles. The van der Waals surface area contributed by atoms with Crippen molar-refractivity contribution < 1.29 is 0 Å². The van der Waals surface area contributed by atoms with E-state index >= 15 is 0 Å². The highest BCUT2D eigenvalue weighted by molar-refractivity contribution is 5.27. The van der Waals surface area contributed by atoms with Crippen molar-refractivity contribution in [2.24, 2.45) is 29.4 Å². The molecule has 4 bridgehead atoms. The topological polar surface area (TPSA) is 77.8 Å². The number of anilines is 1. The Morgan fingerprint density at radius 2 is 1.65 bits per heavy atom. The molecule has 0 saturated heterocycles. The molecular formula is C16H24N4. The van der Waals surface area contributed by atoms with E-state index in [-0.39, 0.29) is 0 Å². The molecule has 20 heavy (non-hydrogen) atoms. The fourth-order valence-electron chi connectivity index (χ4n) is 5.39. The fraction of sp³-hybridized carbons (Fsp3) is 0.750. The predicted molar refractivity (Wildman–Crippen MR) is 79.0 cm³/mol. The van der Waals surface area contributed by atoms with Crippen molar-refractivity contribution in [2.45, 2.75) is 44.4 Å². The van der Waals surface area contributed by atoms with Crippen LogP contribution in [0.3, 0.4) is 0 Å². The molecule has 4 nitrogen and oxygen atoms in total. The Morgan fingerprint density at radius 3 is 2.25 bits per heavy atom. The van der Waals surface area contributed by atoms with Gasteiger partial charge >= 0.3 is 0 Å². The molecule has 5 rings (SSSR count). The molecule has 4 N–H and O–H groups in total. The van der Waals surface area contributed by atoms with E-state index in [4.69, 9.17) is 11.5 Å². The zero-order valence-electron chi connectivity index (χ0n) is 12.0. The van der Waals surface area contributed by atoms with Crippen molar-refractivity contribution in [3.63, 3.8) is 0 Å². The number of nitrogens with two attached hydrogens (primary N) is 2. The molecule has 0 spiro atoms. The summed E-state index contributed by atoms with van der Waals surface area (Å²) in [6, 6.07) is 2.18. The third-order valence-electron chi connectivity index (χ3n) is 5.79. The minimum atomic E-state index is 0.430. The summed E-state index contributed by atoms with van der Waals surface area (Å²) in [5.74, 6) is 4.73. The van der Waals surface area contributed by atoms with Gasteiger partial charge in [0.2, 0.25) is 5.95 Å². The van der Waals surface area contributed by atoms with Gasteiger partial charge in [0.15, 0.2) is 0 Å². The molecule has 4 heteroatoms. The molecule has 4 aliphatic carbocycles. The molecule has 4 saturated carbocycles. The number of hydrogen-bond acceptors (Lipinski definition) is 4. The second-order valence-electron chi connectivity index (χ2n) is 7.14. The van der Waals surface area contributed by atoms with Crippen LogP contribution in [-0.2, 0) is 6.42 Å². The number of hydrogen-bond donors (Lipinski definition) is 2. The Hall–Kier alpha value is -1.16. The minimum Gasteiger partial charge on any atom is -0.368 e. The van der Waals surface area contributed by atoms with Crippen LogP contribution in [0.5, 0.6) is 0 Å². The Balaban J connectivity index is 1.67. The van der Waals surface area contributed by atoms with Crippen LogP contribution in [0.1, 0.15) is 49.4 Å². The normalized spacial score (nSPS) is 38.4. The molecule has 108 valence electrons. The van der Waals surface area contributed by atoms with Gasteiger partial charge in [-0.15, -0.1) is 0 Å². The van der Waals surface area contributed by atoms with Crippen LogP contribution in [0.25, 0.3) is 0 Å². The molecule has 4 fully saturated rings. The lowest BCUT2D eigenvalue weighted by Crippen LogP contribution is -2.44. The second-order valence-corrected chi connectivity index (χ2v) is 7.14. The maximum atomic E-state index is 5.92. The summed E-state index contributed by atoms with van der Waals surface area (Å²) in [6.07, 6.45) is 7.93. The number of nitrogen functional groups attached to an aromatic ring is 1. The smallest absolute Gasteiger partial charge is 0.220 e. The monoisotopic (exact) mass is 272 g/mol.